The van der Waals surface area contributed by atoms with Crippen molar-refractivity contribution in [3.63, 3.8) is 0 Å². The minimum atomic E-state index is 0.385. The summed E-state index contributed by atoms with van der Waals surface area (Å²) in [4.78, 5) is 27.1. The van der Waals surface area contributed by atoms with Gasteiger partial charge in [0, 0.05) is 5.92 Å². The Morgan fingerprint density at radius 3 is 2.81 bits per heavy atom. The fourth-order valence-corrected chi connectivity index (χ4v) is 2.09. The number of rotatable bonds is 5. The molecule has 1 atom stereocenters. The molecule has 1 saturated carbocycles. The van der Waals surface area contributed by atoms with E-state index in [1.165, 1.54) is 24.5 Å². The summed E-state index contributed by atoms with van der Waals surface area (Å²) in [5, 5.41) is 0. The lowest BCUT2D eigenvalue weighted by atomic mass is 9.84. The van der Waals surface area contributed by atoms with Crippen LogP contribution in [-0.2, 0) is 9.59 Å². The van der Waals surface area contributed by atoms with Gasteiger partial charge in [-0.15, -0.1) is 0 Å². The highest BCUT2D eigenvalue weighted by molar-refractivity contribution is 5.33. The first-order valence-corrected chi connectivity index (χ1v) is 5.64. The van der Waals surface area contributed by atoms with Crippen molar-refractivity contribution in [2.45, 2.75) is 32.1 Å². The molecular weight excluding hydrogens is 204 g/mol. The molecule has 0 amide bonds. The largest absolute Gasteiger partial charge is 0.234 e. The number of carbonyl (C=O) groups excluding carboxylic acids is 2. The lowest BCUT2D eigenvalue weighted by Crippen LogP contribution is -2.13. The van der Waals surface area contributed by atoms with Gasteiger partial charge in [-0.2, -0.15) is 0 Å². The fraction of sp³-hybridized carbons (Fsp3) is 0.667. The number of hydrogen-bond donors (Lipinski definition) is 0. The molecule has 1 aliphatic rings. The lowest BCUT2D eigenvalue weighted by molar-refractivity contribution is 0.457. The van der Waals surface area contributed by atoms with Crippen molar-refractivity contribution < 1.29 is 9.59 Å². The van der Waals surface area contributed by atoms with Crippen LogP contribution in [0, 0.1) is 5.92 Å². The third-order valence-electron chi connectivity index (χ3n) is 2.88. The van der Waals surface area contributed by atoms with Crippen molar-refractivity contribution in [2.75, 3.05) is 13.1 Å². The minimum Gasteiger partial charge on any atom is -0.211 e. The summed E-state index contributed by atoms with van der Waals surface area (Å²) < 4.78 is 0. The monoisotopic (exact) mass is 220 g/mol. The Labute approximate surface area is 95.2 Å². The molecule has 86 valence electrons. The first-order valence-electron chi connectivity index (χ1n) is 5.64. The third-order valence-corrected chi connectivity index (χ3v) is 2.88. The second-order valence-corrected chi connectivity index (χ2v) is 3.92. The van der Waals surface area contributed by atoms with E-state index in [2.05, 4.69) is 16.1 Å². The summed E-state index contributed by atoms with van der Waals surface area (Å²) in [7, 11) is 0. The van der Waals surface area contributed by atoms with Crippen LogP contribution < -0.4 is 0 Å². The Bertz CT molecular complexity index is 337. The van der Waals surface area contributed by atoms with E-state index in [1.54, 1.807) is 6.08 Å². The van der Waals surface area contributed by atoms with Crippen molar-refractivity contribution in [3.05, 3.63) is 11.6 Å². The molecule has 1 fully saturated rings. The molecular formula is C12H16N2O2. The van der Waals surface area contributed by atoms with Gasteiger partial charge < -0.3 is 0 Å². The number of hydrogen-bond acceptors (Lipinski definition) is 4. The van der Waals surface area contributed by atoms with E-state index in [0.29, 0.717) is 19.0 Å². The molecule has 0 saturated heterocycles. The second kappa shape index (κ2) is 7.75. The van der Waals surface area contributed by atoms with E-state index in [4.69, 9.17) is 0 Å². The van der Waals surface area contributed by atoms with Crippen molar-refractivity contribution in [2.24, 2.45) is 15.9 Å². The predicted molar refractivity (Wildman–Crippen MR) is 60.6 cm³/mol. The Balaban J connectivity index is 2.51. The molecule has 16 heavy (non-hydrogen) atoms. The Kier molecular flexibility index (Phi) is 6.09. The molecule has 1 aliphatic carbocycles. The van der Waals surface area contributed by atoms with Crippen LogP contribution in [0.5, 0.6) is 0 Å². The standard InChI is InChI=1S/C12H16N2O2/c15-9-13-7-3-6-11-4-1-2-5-12(11)8-14-10-16/h6,12H,1-5,7-8H2. The molecule has 0 aromatic heterocycles. The molecule has 4 heteroatoms. The smallest absolute Gasteiger partial charge is 0.211 e. The van der Waals surface area contributed by atoms with Crippen molar-refractivity contribution in [3.8, 4) is 0 Å². The van der Waals surface area contributed by atoms with E-state index in [-0.39, 0.29) is 0 Å². The zero-order valence-corrected chi connectivity index (χ0v) is 9.32. The maximum Gasteiger partial charge on any atom is 0.234 e. The van der Waals surface area contributed by atoms with Gasteiger partial charge in [0.05, 0.1) is 13.1 Å². The molecule has 0 radical (unpaired) electrons. The number of nitrogens with zero attached hydrogens (tertiary/aromatic N) is 2. The van der Waals surface area contributed by atoms with Crippen LogP contribution >= 0.6 is 0 Å². The van der Waals surface area contributed by atoms with E-state index in [1.807, 2.05) is 0 Å². The van der Waals surface area contributed by atoms with Gasteiger partial charge in [0.2, 0.25) is 12.2 Å². The topological polar surface area (TPSA) is 58.9 Å². The summed E-state index contributed by atoms with van der Waals surface area (Å²) in [6, 6.07) is 0. The predicted octanol–water partition coefficient (Wildman–Crippen LogP) is 2.16. The molecule has 4 nitrogen and oxygen atoms in total. The van der Waals surface area contributed by atoms with Crippen LogP contribution in [0.2, 0.25) is 0 Å². The molecule has 1 rings (SSSR count). The van der Waals surface area contributed by atoms with Crippen LogP contribution in [0.1, 0.15) is 32.1 Å². The van der Waals surface area contributed by atoms with E-state index >= 15 is 0 Å². The minimum absolute atomic E-state index is 0.385. The first kappa shape index (κ1) is 12.6. The molecule has 0 bridgehead atoms. The summed E-state index contributed by atoms with van der Waals surface area (Å²) in [6.07, 6.45) is 10.6. The second-order valence-electron chi connectivity index (χ2n) is 3.92. The van der Waals surface area contributed by atoms with E-state index in [0.717, 1.165) is 19.3 Å². The van der Waals surface area contributed by atoms with Crippen LogP contribution in [-0.4, -0.2) is 25.2 Å². The van der Waals surface area contributed by atoms with Gasteiger partial charge in [0.25, 0.3) is 0 Å². The van der Waals surface area contributed by atoms with Gasteiger partial charge in [-0.3, -0.25) is 0 Å². The van der Waals surface area contributed by atoms with Crippen molar-refractivity contribution >= 4 is 12.2 Å². The summed E-state index contributed by atoms with van der Waals surface area (Å²) in [6.45, 7) is 1.04. The first-order chi connectivity index (χ1) is 7.88. The highest BCUT2D eigenvalue weighted by atomic mass is 16.1. The normalized spacial score (nSPS) is 22.2. The highest BCUT2D eigenvalue weighted by Crippen LogP contribution is 2.29. The Morgan fingerprint density at radius 1 is 1.25 bits per heavy atom. The van der Waals surface area contributed by atoms with E-state index < -0.39 is 0 Å². The zero-order valence-electron chi connectivity index (χ0n) is 9.32. The quantitative estimate of drug-likeness (QED) is 0.308. The van der Waals surface area contributed by atoms with Crippen LogP contribution in [0.25, 0.3) is 0 Å². The summed E-state index contributed by atoms with van der Waals surface area (Å²) in [5.41, 5.74) is 1.35. The third kappa shape index (κ3) is 4.35. The maximum atomic E-state index is 10.1. The van der Waals surface area contributed by atoms with Gasteiger partial charge in [-0.25, -0.2) is 19.6 Å². The number of aliphatic imine (C=N–C) groups is 2. The molecule has 0 spiro atoms. The maximum absolute atomic E-state index is 10.1. The average Bonchev–Trinajstić information content (AvgIpc) is 2.33. The van der Waals surface area contributed by atoms with Gasteiger partial charge in [0.15, 0.2) is 0 Å². The average molecular weight is 220 g/mol. The molecule has 0 aliphatic heterocycles. The SMILES string of the molecule is O=C=NCCC=C1CCCCC1CN=C=O. The van der Waals surface area contributed by atoms with Gasteiger partial charge >= 0.3 is 0 Å². The summed E-state index contributed by atoms with van der Waals surface area (Å²) in [5.74, 6) is 0.385. The molecule has 0 aromatic carbocycles. The Hall–Kier alpha value is -1.50. The molecule has 0 aromatic rings. The van der Waals surface area contributed by atoms with Gasteiger partial charge in [0.1, 0.15) is 0 Å². The fourth-order valence-electron chi connectivity index (χ4n) is 2.09. The highest BCUT2D eigenvalue weighted by Gasteiger charge is 2.17. The van der Waals surface area contributed by atoms with Crippen molar-refractivity contribution in [1.82, 2.24) is 0 Å². The van der Waals surface area contributed by atoms with Gasteiger partial charge in [-0.1, -0.05) is 18.1 Å². The van der Waals surface area contributed by atoms with Crippen LogP contribution in [0.15, 0.2) is 21.6 Å². The lowest BCUT2D eigenvalue weighted by Gasteiger charge is -2.23. The Morgan fingerprint density at radius 2 is 2.06 bits per heavy atom. The molecule has 0 heterocycles. The number of isocyanates is 2. The van der Waals surface area contributed by atoms with Crippen LogP contribution in [0.3, 0.4) is 0 Å². The van der Waals surface area contributed by atoms with Gasteiger partial charge in [-0.05, 0) is 25.7 Å². The zero-order chi connectivity index (χ0) is 11.6. The molecule has 0 N–H and O–H groups in total. The summed E-state index contributed by atoms with van der Waals surface area (Å²) >= 11 is 0. The van der Waals surface area contributed by atoms with Crippen molar-refractivity contribution in [1.29, 1.82) is 0 Å². The van der Waals surface area contributed by atoms with Crippen LogP contribution in [0.4, 0.5) is 0 Å². The molecule has 1 unspecified atom stereocenters. The van der Waals surface area contributed by atoms with E-state index in [9.17, 15) is 9.59 Å².